The Hall–Kier alpha value is -0.420. The van der Waals surface area contributed by atoms with E-state index in [1.807, 2.05) is 11.3 Å². The SMILES string of the molecule is COCCNCCN(C)C(C)Cc1cccs1. The number of thiophene rings is 1. The molecule has 4 heteroatoms. The van der Waals surface area contributed by atoms with Crippen molar-refractivity contribution in [2.75, 3.05) is 40.4 Å². The van der Waals surface area contributed by atoms with Crippen molar-refractivity contribution in [1.82, 2.24) is 10.2 Å². The number of hydrogen-bond donors (Lipinski definition) is 1. The first-order chi connectivity index (χ1) is 8.24. The van der Waals surface area contributed by atoms with Crippen LogP contribution in [0.4, 0.5) is 0 Å². The Balaban J connectivity index is 2.11. The fourth-order valence-electron chi connectivity index (χ4n) is 1.65. The van der Waals surface area contributed by atoms with E-state index in [1.165, 1.54) is 4.88 Å². The monoisotopic (exact) mass is 256 g/mol. The number of rotatable bonds is 9. The van der Waals surface area contributed by atoms with Crippen LogP contribution in [-0.2, 0) is 11.2 Å². The molecule has 1 N–H and O–H groups in total. The molecule has 0 aromatic carbocycles. The summed E-state index contributed by atoms with van der Waals surface area (Å²) in [4.78, 5) is 3.87. The van der Waals surface area contributed by atoms with Crippen LogP contribution in [-0.4, -0.2) is 51.3 Å². The van der Waals surface area contributed by atoms with Crippen LogP contribution >= 0.6 is 11.3 Å². The van der Waals surface area contributed by atoms with Crippen molar-refractivity contribution in [3.63, 3.8) is 0 Å². The molecule has 0 aliphatic carbocycles. The predicted octanol–water partition coefficient (Wildman–Crippen LogP) is 1.85. The third kappa shape index (κ3) is 6.17. The lowest BCUT2D eigenvalue weighted by Gasteiger charge is -2.24. The predicted molar refractivity (Wildman–Crippen MR) is 74.9 cm³/mol. The molecule has 3 nitrogen and oxygen atoms in total. The van der Waals surface area contributed by atoms with E-state index in [2.05, 4.69) is 41.7 Å². The van der Waals surface area contributed by atoms with Crippen molar-refractivity contribution in [3.05, 3.63) is 22.4 Å². The lowest BCUT2D eigenvalue weighted by atomic mass is 10.2. The lowest BCUT2D eigenvalue weighted by molar-refractivity contribution is 0.195. The summed E-state index contributed by atoms with van der Waals surface area (Å²) >= 11 is 1.84. The van der Waals surface area contributed by atoms with E-state index in [0.717, 1.165) is 32.7 Å². The molecule has 1 aromatic rings. The van der Waals surface area contributed by atoms with E-state index in [9.17, 15) is 0 Å². The zero-order valence-electron chi connectivity index (χ0n) is 11.1. The lowest BCUT2D eigenvalue weighted by Crippen LogP contribution is -2.37. The Morgan fingerprint density at radius 1 is 1.47 bits per heavy atom. The number of ether oxygens (including phenoxy) is 1. The van der Waals surface area contributed by atoms with Crippen LogP contribution in [0.25, 0.3) is 0 Å². The molecule has 0 amide bonds. The number of methoxy groups -OCH3 is 1. The Bertz CT molecular complexity index is 277. The normalized spacial score (nSPS) is 13.2. The minimum Gasteiger partial charge on any atom is -0.383 e. The molecule has 0 aliphatic heterocycles. The summed E-state index contributed by atoms with van der Waals surface area (Å²) in [7, 11) is 3.92. The van der Waals surface area contributed by atoms with Crippen LogP contribution in [0.3, 0.4) is 0 Å². The molecule has 1 aromatic heterocycles. The maximum atomic E-state index is 4.99. The molecule has 1 rings (SSSR count). The maximum Gasteiger partial charge on any atom is 0.0587 e. The quantitative estimate of drug-likeness (QED) is 0.682. The van der Waals surface area contributed by atoms with Gasteiger partial charge in [-0.15, -0.1) is 11.3 Å². The minimum absolute atomic E-state index is 0.595. The molecular weight excluding hydrogens is 232 g/mol. The van der Waals surface area contributed by atoms with Crippen molar-refractivity contribution >= 4 is 11.3 Å². The first-order valence-corrected chi connectivity index (χ1v) is 7.04. The van der Waals surface area contributed by atoms with Crippen molar-refractivity contribution in [2.45, 2.75) is 19.4 Å². The van der Waals surface area contributed by atoms with Crippen LogP contribution < -0.4 is 5.32 Å². The molecule has 1 heterocycles. The molecular formula is C13H24N2OS. The van der Waals surface area contributed by atoms with Crippen LogP contribution in [0.5, 0.6) is 0 Å². The van der Waals surface area contributed by atoms with Crippen LogP contribution in [0.15, 0.2) is 17.5 Å². The molecule has 1 atom stereocenters. The van der Waals surface area contributed by atoms with Gasteiger partial charge in [0, 0.05) is 37.7 Å². The summed E-state index contributed by atoms with van der Waals surface area (Å²) in [6, 6.07) is 4.93. The van der Waals surface area contributed by atoms with E-state index < -0.39 is 0 Å². The molecule has 0 spiro atoms. The van der Waals surface area contributed by atoms with Gasteiger partial charge < -0.3 is 15.0 Å². The first-order valence-electron chi connectivity index (χ1n) is 6.16. The second kappa shape index (κ2) is 8.64. The Morgan fingerprint density at radius 2 is 2.29 bits per heavy atom. The number of nitrogens with zero attached hydrogens (tertiary/aromatic N) is 1. The molecule has 0 saturated heterocycles. The molecule has 0 radical (unpaired) electrons. The van der Waals surface area contributed by atoms with Gasteiger partial charge in [0.1, 0.15) is 0 Å². The van der Waals surface area contributed by atoms with E-state index >= 15 is 0 Å². The average Bonchev–Trinajstić information content (AvgIpc) is 2.81. The average molecular weight is 256 g/mol. The summed E-state index contributed by atoms with van der Waals surface area (Å²) in [5.41, 5.74) is 0. The van der Waals surface area contributed by atoms with Crippen molar-refractivity contribution in [3.8, 4) is 0 Å². The van der Waals surface area contributed by atoms with Crippen molar-refractivity contribution in [2.24, 2.45) is 0 Å². The zero-order chi connectivity index (χ0) is 12.5. The fourth-order valence-corrected chi connectivity index (χ4v) is 2.48. The second-order valence-electron chi connectivity index (χ2n) is 4.36. The molecule has 1 unspecified atom stereocenters. The van der Waals surface area contributed by atoms with Gasteiger partial charge in [0.15, 0.2) is 0 Å². The zero-order valence-corrected chi connectivity index (χ0v) is 11.9. The van der Waals surface area contributed by atoms with Gasteiger partial charge >= 0.3 is 0 Å². The smallest absolute Gasteiger partial charge is 0.0587 e. The standard InChI is InChI=1S/C13H24N2OS/c1-12(11-13-5-4-10-17-13)15(2)8-6-14-7-9-16-3/h4-5,10,12,14H,6-9,11H2,1-3H3. The minimum atomic E-state index is 0.595. The van der Waals surface area contributed by atoms with Crippen LogP contribution in [0.2, 0.25) is 0 Å². The van der Waals surface area contributed by atoms with E-state index in [4.69, 9.17) is 4.74 Å². The van der Waals surface area contributed by atoms with Gasteiger partial charge in [0.25, 0.3) is 0 Å². The highest BCUT2D eigenvalue weighted by Crippen LogP contribution is 2.13. The van der Waals surface area contributed by atoms with Gasteiger partial charge in [-0.1, -0.05) is 6.07 Å². The van der Waals surface area contributed by atoms with Gasteiger partial charge in [0.2, 0.25) is 0 Å². The summed E-state index contributed by atoms with van der Waals surface area (Å²) in [5, 5.41) is 5.51. The van der Waals surface area contributed by atoms with Gasteiger partial charge in [0.05, 0.1) is 6.61 Å². The molecule has 17 heavy (non-hydrogen) atoms. The fraction of sp³-hybridized carbons (Fsp3) is 0.692. The molecule has 98 valence electrons. The molecule has 0 fully saturated rings. The molecule has 0 aliphatic rings. The van der Waals surface area contributed by atoms with E-state index in [0.29, 0.717) is 6.04 Å². The largest absolute Gasteiger partial charge is 0.383 e. The summed E-state index contributed by atoms with van der Waals surface area (Å²) < 4.78 is 4.99. The third-order valence-corrected chi connectivity index (χ3v) is 3.85. The number of hydrogen-bond acceptors (Lipinski definition) is 4. The van der Waals surface area contributed by atoms with Crippen molar-refractivity contribution in [1.29, 1.82) is 0 Å². The highest BCUT2D eigenvalue weighted by Gasteiger charge is 2.09. The van der Waals surface area contributed by atoms with E-state index in [1.54, 1.807) is 7.11 Å². The highest BCUT2D eigenvalue weighted by atomic mass is 32.1. The summed E-state index contributed by atoms with van der Waals surface area (Å²) in [6.45, 7) is 6.11. The van der Waals surface area contributed by atoms with Gasteiger partial charge in [-0.25, -0.2) is 0 Å². The van der Waals surface area contributed by atoms with Gasteiger partial charge in [-0.3, -0.25) is 0 Å². The first kappa shape index (κ1) is 14.6. The van der Waals surface area contributed by atoms with Crippen LogP contribution in [0.1, 0.15) is 11.8 Å². The Kier molecular flexibility index (Phi) is 7.44. The van der Waals surface area contributed by atoms with E-state index in [-0.39, 0.29) is 0 Å². The van der Waals surface area contributed by atoms with Crippen molar-refractivity contribution < 1.29 is 4.74 Å². The summed E-state index contributed by atoms with van der Waals surface area (Å²) in [6.07, 6.45) is 1.15. The molecule has 0 bridgehead atoms. The Morgan fingerprint density at radius 3 is 2.94 bits per heavy atom. The summed E-state index contributed by atoms with van der Waals surface area (Å²) in [5.74, 6) is 0. The second-order valence-corrected chi connectivity index (χ2v) is 5.39. The highest BCUT2D eigenvalue weighted by molar-refractivity contribution is 7.09. The number of likely N-dealkylation sites (N-methyl/N-ethyl adjacent to an activating group) is 1. The maximum absolute atomic E-state index is 4.99. The number of nitrogens with one attached hydrogen (secondary N) is 1. The van der Waals surface area contributed by atoms with Gasteiger partial charge in [-0.05, 0) is 31.8 Å². The topological polar surface area (TPSA) is 24.5 Å². The van der Waals surface area contributed by atoms with Gasteiger partial charge in [-0.2, -0.15) is 0 Å². The third-order valence-electron chi connectivity index (χ3n) is 2.95. The van der Waals surface area contributed by atoms with Crippen LogP contribution in [0, 0.1) is 0 Å². The Labute approximate surface area is 109 Å². The molecule has 0 saturated carbocycles.